The Morgan fingerprint density at radius 3 is 2.12 bits per heavy atom. The van der Waals surface area contributed by atoms with Crippen molar-refractivity contribution in [3.63, 3.8) is 0 Å². The van der Waals surface area contributed by atoms with E-state index in [9.17, 15) is 19.2 Å². The first-order valence-corrected chi connectivity index (χ1v) is 20.0. The maximum Gasteiger partial charge on any atom is 0.516 e. The molecule has 13 heteroatoms. The molecule has 3 rings (SSSR count). The zero-order chi connectivity index (χ0) is 36.4. The van der Waals surface area contributed by atoms with Gasteiger partial charge in [-0.25, -0.2) is 14.6 Å². The lowest BCUT2D eigenvalue weighted by Gasteiger charge is -2.38. The van der Waals surface area contributed by atoms with E-state index in [0.29, 0.717) is 10.8 Å². The quantitative estimate of drug-likeness (QED) is 0.149. The number of thiazole rings is 1. The summed E-state index contributed by atoms with van der Waals surface area (Å²) in [5.74, 6) is -3.92. The minimum atomic E-state index is -2.46. The molecule has 11 nitrogen and oxygen atoms in total. The van der Waals surface area contributed by atoms with Gasteiger partial charge in [0.25, 0.3) is 5.91 Å². The van der Waals surface area contributed by atoms with Crippen molar-refractivity contribution >= 4 is 43.7 Å². The fourth-order valence-corrected chi connectivity index (χ4v) is 7.27. The summed E-state index contributed by atoms with van der Waals surface area (Å²) in [5.41, 5.74) is -0.0795. The van der Waals surface area contributed by atoms with E-state index in [1.807, 2.05) is 26.8 Å². The van der Waals surface area contributed by atoms with Crippen LogP contribution in [0.4, 0.5) is 4.79 Å². The standard InChI is InChI=1S/C35H52N2O9SSi/c1-14-43-32(41)45-30(39)25-22(20-44-48(12,13)35(8,9)10)26(31(40)46-34(5,6)7)37(27(25)28-36-17-18-47-28)29(38)21-15-16-23(33(2,3)4)24(19-21)42-11/h15-19,22,25-27H,14,20H2,1-13H3/t22-,25-,26-,27+/m0/s1. The first-order chi connectivity index (χ1) is 22.0. The monoisotopic (exact) mass is 704 g/mol. The lowest BCUT2D eigenvalue weighted by atomic mass is 9.85. The first kappa shape index (κ1) is 39.1. The van der Waals surface area contributed by atoms with Gasteiger partial charge < -0.3 is 28.3 Å². The minimum absolute atomic E-state index is 0.0118. The van der Waals surface area contributed by atoms with E-state index in [0.717, 1.165) is 5.56 Å². The van der Waals surface area contributed by atoms with Gasteiger partial charge in [0.15, 0.2) is 8.32 Å². The molecule has 1 aromatic heterocycles. The van der Waals surface area contributed by atoms with Crippen LogP contribution in [0.15, 0.2) is 29.8 Å². The molecule has 4 atom stereocenters. The van der Waals surface area contributed by atoms with Crippen molar-refractivity contribution < 1.29 is 42.6 Å². The number of amides is 1. The number of nitrogens with zero attached hydrogens (tertiary/aromatic N) is 2. The number of rotatable bonds is 9. The number of esters is 2. The van der Waals surface area contributed by atoms with Crippen LogP contribution in [-0.4, -0.2) is 74.2 Å². The number of likely N-dealkylation sites (tertiary alicyclic amines) is 1. The maximum absolute atomic E-state index is 14.8. The molecule has 1 aliphatic rings. The van der Waals surface area contributed by atoms with Gasteiger partial charge in [-0.1, -0.05) is 47.6 Å². The molecule has 0 radical (unpaired) electrons. The van der Waals surface area contributed by atoms with Crippen LogP contribution in [0.3, 0.4) is 0 Å². The molecule has 1 saturated heterocycles. The van der Waals surface area contributed by atoms with E-state index < -0.39 is 61.8 Å². The third kappa shape index (κ3) is 8.83. The molecule has 0 saturated carbocycles. The van der Waals surface area contributed by atoms with Crippen LogP contribution in [0, 0.1) is 11.8 Å². The Morgan fingerprint density at radius 2 is 1.62 bits per heavy atom. The summed E-state index contributed by atoms with van der Waals surface area (Å²) >= 11 is 1.22. The molecule has 1 aliphatic heterocycles. The fourth-order valence-electron chi connectivity index (χ4n) is 5.45. The molecule has 48 heavy (non-hydrogen) atoms. The number of methoxy groups -OCH3 is 1. The molecule has 2 heterocycles. The Bertz CT molecular complexity index is 1470. The summed E-state index contributed by atoms with van der Waals surface area (Å²) in [5, 5.41) is 1.90. The third-order valence-electron chi connectivity index (χ3n) is 8.81. The summed E-state index contributed by atoms with van der Waals surface area (Å²) in [6.07, 6.45) is 0.380. The number of hydrogen-bond acceptors (Lipinski definition) is 11. The van der Waals surface area contributed by atoms with Crippen molar-refractivity contribution in [1.82, 2.24) is 9.88 Å². The normalized spacial score (nSPS) is 20.3. The van der Waals surface area contributed by atoms with Gasteiger partial charge in [0.05, 0.1) is 25.7 Å². The minimum Gasteiger partial charge on any atom is -0.496 e. The van der Waals surface area contributed by atoms with Gasteiger partial charge >= 0.3 is 18.1 Å². The number of hydrogen-bond donors (Lipinski definition) is 0. The fraction of sp³-hybridized carbons (Fsp3) is 0.629. The predicted octanol–water partition coefficient (Wildman–Crippen LogP) is 7.31. The van der Waals surface area contributed by atoms with Crippen LogP contribution >= 0.6 is 11.3 Å². The molecule has 1 aromatic carbocycles. The van der Waals surface area contributed by atoms with E-state index in [2.05, 4.69) is 38.8 Å². The number of carbonyl (C=O) groups is 4. The van der Waals surface area contributed by atoms with Gasteiger partial charge in [-0.2, -0.15) is 0 Å². The second-order valence-corrected chi connectivity index (χ2v) is 21.3. The van der Waals surface area contributed by atoms with Gasteiger partial charge in [-0.3, -0.25) is 9.59 Å². The van der Waals surface area contributed by atoms with Crippen molar-refractivity contribution in [2.24, 2.45) is 11.8 Å². The molecule has 0 spiro atoms. The zero-order valence-electron chi connectivity index (χ0n) is 30.6. The number of benzene rings is 1. The van der Waals surface area contributed by atoms with Gasteiger partial charge in [-0.15, -0.1) is 11.3 Å². The zero-order valence-corrected chi connectivity index (χ0v) is 32.4. The molecule has 2 aromatic rings. The first-order valence-electron chi connectivity index (χ1n) is 16.2. The summed E-state index contributed by atoms with van der Waals surface area (Å²) in [6, 6.07) is 2.75. The molecule has 1 fully saturated rings. The number of aromatic nitrogens is 1. The average molecular weight is 705 g/mol. The van der Waals surface area contributed by atoms with E-state index >= 15 is 0 Å². The Kier molecular flexibility index (Phi) is 12.0. The number of ether oxygens (including phenoxy) is 4. The highest BCUT2D eigenvalue weighted by Crippen LogP contribution is 2.49. The Hall–Kier alpha value is -3.29. The lowest BCUT2D eigenvalue weighted by Crippen LogP contribution is -2.49. The van der Waals surface area contributed by atoms with Crippen molar-refractivity contribution in [2.45, 2.75) is 110 Å². The topological polar surface area (TPSA) is 131 Å². The van der Waals surface area contributed by atoms with E-state index in [1.165, 1.54) is 23.3 Å². The second kappa shape index (κ2) is 14.7. The highest BCUT2D eigenvalue weighted by atomic mass is 32.1. The molecule has 0 N–H and O–H groups in total. The highest BCUT2D eigenvalue weighted by Gasteiger charge is 2.60. The Labute approximate surface area is 289 Å². The van der Waals surface area contributed by atoms with E-state index in [4.69, 9.17) is 23.4 Å². The smallest absolute Gasteiger partial charge is 0.496 e. The van der Waals surface area contributed by atoms with Crippen LogP contribution in [0.2, 0.25) is 18.1 Å². The summed E-state index contributed by atoms with van der Waals surface area (Å²) < 4.78 is 28.4. The highest BCUT2D eigenvalue weighted by molar-refractivity contribution is 7.09. The summed E-state index contributed by atoms with van der Waals surface area (Å²) in [6.45, 7) is 23.1. The van der Waals surface area contributed by atoms with Crippen molar-refractivity contribution in [2.75, 3.05) is 20.3 Å². The largest absolute Gasteiger partial charge is 0.516 e. The average Bonchev–Trinajstić information content (AvgIpc) is 3.59. The third-order valence-corrected chi connectivity index (χ3v) is 14.2. The lowest BCUT2D eigenvalue weighted by molar-refractivity contribution is -0.161. The van der Waals surface area contributed by atoms with Gasteiger partial charge in [0.1, 0.15) is 22.4 Å². The molecule has 0 aliphatic carbocycles. The summed E-state index contributed by atoms with van der Waals surface area (Å²) in [7, 11) is -0.926. The SMILES string of the molecule is CCOC(=O)OC(=O)[C@H]1[C@H](CO[Si](C)(C)C(C)(C)C)[C@@H](C(=O)OC(C)(C)C)N(C(=O)c2ccc(C(C)(C)C)c(OC)c2)[C@H]1c1nccs1. The van der Waals surface area contributed by atoms with Gasteiger partial charge in [-0.05, 0) is 68.9 Å². The Morgan fingerprint density at radius 1 is 0.979 bits per heavy atom. The van der Waals surface area contributed by atoms with Crippen LogP contribution in [0.5, 0.6) is 5.75 Å². The van der Waals surface area contributed by atoms with Gasteiger partial charge in [0.2, 0.25) is 0 Å². The van der Waals surface area contributed by atoms with Crippen molar-refractivity contribution in [3.8, 4) is 5.75 Å². The second-order valence-electron chi connectivity index (χ2n) is 15.5. The molecule has 266 valence electrons. The maximum atomic E-state index is 14.8. The van der Waals surface area contributed by atoms with Crippen LogP contribution in [0.1, 0.15) is 96.2 Å². The van der Waals surface area contributed by atoms with Crippen molar-refractivity contribution in [1.29, 1.82) is 0 Å². The molecular formula is C35H52N2O9SSi. The van der Waals surface area contributed by atoms with E-state index in [-0.39, 0.29) is 29.2 Å². The van der Waals surface area contributed by atoms with Crippen molar-refractivity contribution in [3.05, 3.63) is 45.9 Å². The molecule has 0 unspecified atom stereocenters. The van der Waals surface area contributed by atoms with E-state index in [1.54, 1.807) is 51.4 Å². The molecule has 1 amide bonds. The van der Waals surface area contributed by atoms with Crippen LogP contribution in [0.25, 0.3) is 0 Å². The Balaban J connectivity index is 2.32. The summed E-state index contributed by atoms with van der Waals surface area (Å²) in [4.78, 5) is 61.6. The van der Waals surface area contributed by atoms with Crippen LogP contribution < -0.4 is 4.74 Å². The molecular weight excluding hydrogens is 653 g/mol. The predicted molar refractivity (Wildman–Crippen MR) is 186 cm³/mol. The van der Waals surface area contributed by atoms with Gasteiger partial charge in [0, 0.05) is 29.7 Å². The number of carbonyl (C=O) groups excluding carboxylic acids is 4. The van der Waals surface area contributed by atoms with Crippen LogP contribution in [-0.2, 0) is 33.6 Å². The molecule has 0 bridgehead atoms.